The summed E-state index contributed by atoms with van der Waals surface area (Å²) in [6.45, 7) is 17.8. The summed E-state index contributed by atoms with van der Waals surface area (Å²) < 4.78 is 20.5. The topological polar surface area (TPSA) is 31.0 Å². The van der Waals surface area contributed by atoms with Crippen molar-refractivity contribution in [1.82, 2.24) is 0 Å². The van der Waals surface area contributed by atoms with Gasteiger partial charge in [0.15, 0.2) is 16.6 Å². The molecule has 0 amide bonds. The largest absolute Gasteiger partial charge is 0.411 e. The fourth-order valence-corrected chi connectivity index (χ4v) is 11.5. The fourth-order valence-electron chi connectivity index (χ4n) is 5.34. The van der Waals surface area contributed by atoms with Crippen LogP contribution in [0.25, 0.3) is 0 Å². The third-order valence-electron chi connectivity index (χ3n) is 8.17. The summed E-state index contributed by atoms with van der Waals surface area (Å²) in [6, 6.07) is 6.51. The van der Waals surface area contributed by atoms with Crippen LogP contribution in [0.4, 0.5) is 0 Å². The van der Waals surface area contributed by atoms with Gasteiger partial charge in [0, 0.05) is 6.42 Å². The quantitative estimate of drug-likeness (QED) is 0.0958. The molecule has 2 fully saturated rings. The van der Waals surface area contributed by atoms with Gasteiger partial charge < -0.3 is 13.6 Å². The molecule has 178 valence electrons. The lowest BCUT2D eigenvalue weighted by molar-refractivity contribution is 0.0396. The van der Waals surface area contributed by atoms with E-state index in [9.17, 15) is 0 Å². The highest BCUT2D eigenvalue weighted by Gasteiger charge is 2.74. The molecule has 1 aliphatic carbocycles. The van der Waals surface area contributed by atoms with Gasteiger partial charge in [-0.25, -0.2) is 0 Å². The van der Waals surface area contributed by atoms with Crippen LogP contribution in [-0.4, -0.2) is 45.4 Å². The van der Waals surface area contributed by atoms with Gasteiger partial charge in [0.1, 0.15) is 22.7 Å². The van der Waals surface area contributed by atoms with Gasteiger partial charge in [-0.05, 0) is 56.5 Å². The van der Waals surface area contributed by atoms with Crippen LogP contribution in [0, 0.1) is 12.3 Å². The Kier molecular flexibility index (Phi) is 9.15. The van der Waals surface area contributed by atoms with E-state index < -0.39 is 27.1 Å². The maximum absolute atomic E-state index is 7.28. The first-order valence-corrected chi connectivity index (χ1v) is 17.9. The lowest BCUT2D eigenvalue weighted by Crippen LogP contribution is -2.61. The molecule has 0 spiro atoms. The van der Waals surface area contributed by atoms with Gasteiger partial charge >= 0.3 is 0 Å². The lowest BCUT2D eigenvalue weighted by atomic mass is 9.75. The van der Waals surface area contributed by atoms with Gasteiger partial charge in [-0.1, -0.05) is 59.1 Å². The second-order valence-electron chi connectivity index (χ2n) is 9.83. The Hall–Kier alpha value is -0.0962. The SMILES string of the molecule is C#C[C@@]1(Cl)C[C@H](O[Si](CC)(CC)CC)[C@@H]2O[C@]2(CC=C(C)C)[C@@H]1O[Si](CC)(CC)CC. The third kappa shape index (κ3) is 5.20. The standard InChI is InChI=1S/C25H45ClO3Si2/c1-10-24(26)19-21(28-30(11-2,12-3)13-4)22-25(27-22,18-17-20(8)9)23(24)29-31(14-5,15-6)16-7/h1,17,21-23H,11-16,18-19H2,2-9H3/t21-,22-,23+,24+,25-/m0/s1. The van der Waals surface area contributed by atoms with Crippen molar-refractivity contribution in [3.05, 3.63) is 11.6 Å². The number of hydrogen-bond acceptors (Lipinski definition) is 3. The molecule has 3 nitrogen and oxygen atoms in total. The van der Waals surface area contributed by atoms with Crippen LogP contribution in [0.2, 0.25) is 36.3 Å². The molecule has 0 unspecified atom stereocenters. The van der Waals surface area contributed by atoms with E-state index in [1.807, 2.05) is 0 Å². The van der Waals surface area contributed by atoms with Gasteiger partial charge in [-0.2, -0.15) is 0 Å². The molecule has 0 bridgehead atoms. The van der Waals surface area contributed by atoms with Gasteiger partial charge in [-0.3, -0.25) is 0 Å². The number of allylic oxidation sites excluding steroid dienone is 1. The van der Waals surface area contributed by atoms with E-state index in [-0.39, 0.29) is 18.3 Å². The van der Waals surface area contributed by atoms with Crippen molar-refractivity contribution in [3.8, 4) is 12.3 Å². The predicted molar refractivity (Wildman–Crippen MR) is 138 cm³/mol. The van der Waals surface area contributed by atoms with E-state index >= 15 is 0 Å². The van der Waals surface area contributed by atoms with Gasteiger partial charge in [-0.15, -0.1) is 18.0 Å². The number of terminal acetylenes is 1. The minimum absolute atomic E-state index is 0.0159. The maximum atomic E-state index is 7.28. The van der Waals surface area contributed by atoms with Gasteiger partial charge in [0.2, 0.25) is 0 Å². The summed E-state index contributed by atoms with van der Waals surface area (Å²) in [5.41, 5.74) is 0.803. The molecule has 2 rings (SSSR count). The number of hydrogen-bond donors (Lipinski definition) is 0. The van der Waals surface area contributed by atoms with Gasteiger partial charge in [0.05, 0.1) is 6.10 Å². The van der Waals surface area contributed by atoms with Crippen LogP contribution >= 0.6 is 11.6 Å². The molecule has 0 radical (unpaired) electrons. The molecule has 31 heavy (non-hydrogen) atoms. The Morgan fingerprint density at radius 1 is 1.00 bits per heavy atom. The molecule has 0 aromatic rings. The molecular formula is C25H45ClO3Si2. The summed E-state index contributed by atoms with van der Waals surface area (Å²) in [5.74, 6) is 2.96. The predicted octanol–water partition coefficient (Wildman–Crippen LogP) is 7.28. The second-order valence-corrected chi connectivity index (χ2v) is 20.0. The molecule has 1 saturated carbocycles. The van der Waals surface area contributed by atoms with Crippen LogP contribution in [0.3, 0.4) is 0 Å². The zero-order chi connectivity index (χ0) is 23.5. The molecule has 2 aliphatic rings. The number of epoxide rings is 1. The summed E-state index contributed by atoms with van der Waals surface area (Å²) in [7, 11) is -3.75. The van der Waals surface area contributed by atoms with E-state index in [2.05, 4.69) is 67.4 Å². The minimum atomic E-state index is -1.93. The Labute approximate surface area is 198 Å². The van der Waals surface area contributed by atoms with E-state index in [1.54, 1.807) is 0 Å². The Balaban J connectivity index is 2.48. The first-order chi connectivity index (χ1) is 14.6. The van der Waals surface area contributed by atoms with Crippen molar-refractivity contribution in [2.75, 3.05) is 0 Å². The molecule has 1 heterocycles. The van der Waals surface area contributed by atoms with Crippen LogP contribution < -0.4 is 0 Å². The smallest absolute Gasteiger partial charge is 0.192 e. The monoisotopic (exact) mass is 484 g/mol. The number of fused-ring (bicyclic) bond motifs is 1. The Morgan fingerprint density at radius 2 is 1.48 bits per heavy atom. The normalized spacial score (nSPS) is 32.8. The second kappa shape index (κ2) is 10.4. The van der Waals surface area contributed by atoms with Crippen LogP contribution in [0.1, 0.15) is 68.2 Å². The molecule has 0 aromatic heterocycles. The Bertz CT molecular complexity index is 662. The highest BCUT2D eigenvalue weighted by Crippen LogP contribution is 2.59. The molecule has 0 N–H and O–H groups in total. The van der Waals surface area contributed by atoms with Crippen molar-refractivity contribution in [3.63, 3.8) is 0 Å². The van der Waals surface area contributed by atoms with E-state index in [0.29, 0.717) is 6.42 Å². The molecule has 5 atom stereocenters. The fraction of sp³-hybridized carbons (Fsp3) is 0.840. The molecular weight excluding hydrogens is 440 g/mol. The van der Waals surface area contributed by atoms with E-state index in [1.165, 1.54) is 5.57 Å². The highest BCUT2D eigenvalue weighted by molar-refractivity contribution is 6.74. The number of ether oxygens (including phenoxy) is 1. The molecule has 0 aromatic carbocycles. The maximum Gasteiger partial charge on any atom is 0.192 e. The van der Waals surface area contributed by atoms with Crippen molar-refractivity contribution in [2.24, 2.45) is 0 Å². The summed E-state index contributed by atoms with van der Waals surface area (Å²) in [4.78, 5) is -0.903. The van der Waals surface area contributed by atoms with Crippen molar-refractivity contribution in [2.45, 2.75) is 133 Å². The zero-order valence-electron chi connectivity index (χ0n) is 21.1. The first kappa shape index (κ1) is 27.2. The van der Waals surface area contributed by atoms with Crippen LogP contribution in [0.5, 0.6) is 0 Å². The average molecular weight is 485 g/mol. The third-order valence-corrected chi connectivity index (χ3v) is 17.9. The molecule has 6 heteroatoms. The summed E-state index contributed by atoms with van der Waals surface area (Å²) >= 11 is 7.28. The zero-order valence-corrected chi connectivity index (χ0v) is 23.9. The number of alkyl halides is 1. The van der Waals surface area contributed by atoms with Gasteiger partial charge in [0.25, 0.3) is 0 Å². The van der Waals surface area contributed by atoms with Crippen LogP contribution in [-0.2, 0) is 13.6 Å². The van der Waals surface area contributed by atoms with Crippen molar-refractivity contribution in [1.29, 1.82) is 0 Å². The highest BCUT2D eigenvalue weighted by atomic mass is 35.5. The molecule has 1 saturated heterocycles. The van der Waals surface area contributed by atoms with E-state index in [0.717, 1.165) is 42.7 Å². The lowest BCUT2D eigenvalue weighted by Gasteiger charge is -2.47. The average Bonchev–Trinajstić information content (AvgIpc) is 3.52. The molecule has 1 aliphatic heterocycles. The first-order valence-electron chi connectivity index (χ1n) is 12.4. The summed E-state index contributed by atoms with van der Waals surface area (Å²) in [6.07, 6.45) is 9.44. The number of halogens is 1. The Morgan fingerprint density at radius 3 is 1.90 bits per heavy atom. The van der Waals surface area contributed by atoms with Crippen molar-refractivity contribution >= 4 is 28.2 Å². The van der Waals surface area contributed by atoms with Crippen LogP contribution in [0.15, 0.2) is 11.6 Å². The summed E-state index contributed by atoms with van der Waals surface area (Å²) in [5, 5.41) is 0. The number of rotatable bonds is 12. The minimum Gasteiger partial charge on any atom is -0.411 e. The van der Waals surface area contributed by atoms with Crippen molar-refractivity contribution < 1.29 is 13.6 Å². The van der Waals surface area contributed by atoms with E-state index in [4.69, 9.17) is 31.6 Å².